The highest BCUT2D eigenvalue weighted by atomic mass is 35.5. The van der Waals surface area contributed by atoms with Crippen LogP contribution in [0.15, 0.2) is 54.6 Å². The smallest absolute Gasteiger partial charge is 0.308 e. The Morgan fingerprint density at radius 1 is 1.05 bits per heavy atom. The van der Waals surface area contributed by atoms with Gasteiger partial charge in [-0.15, -0.1) is 0 Å². The fourth-order valence-electron chi connectivity index (χ4n) is 4.64. The summed E-state index contributed by atoms with van der Waals surface area (Å²) in [5.74, 6) is 0.191. The number of hydrogen-bond acceptors (Lipinski definition) is 6. The van der Waals surface area contributed by atoms with Gasteiger partial charge in [0.1, 0.15) is 5.75 Å². The minimum Gasteiger partial charge on any atom is -0.491 e. The molecule has 0 fully saturated rings. The van der Waals surface area contributed by atoms with E-state index in [4.69, 9.17) is 31.2 Å². The number of amides is 1. The topological polar surface area (TPSA) is 94.8 Å². The zero-order valence-corrected chi connectivity index (χ0v) is 24.3. The number of ether oxygens (including phenoxy) is 2. The molecule has 0 unspecified atom stereocenters. The molecule has 0 aliphatic rings. The molecule has 0 aliphatic heterocycles. The van der Waals surface area contributed by atoms with Gasteiger partial charge in [-0.25, -0.2) is 9.50 Å². The third-order valence-electron chi connectivity index (χ3n) is 6.57. The van der Waals surface area contributed by atoms with Gasteiger partial charge < -0.3 is 14.8 Å². The molecule has 2 aromatic carbocycles. The summed E-state index contributed by atoms with van der Waals surface area (Å²) in [4.78, 5) is 30.2. The van der Waals surface area contributed by atoms with Crippen molar-refractivity contribution in [2.75, 3.05) is 6.61 Å². The van der Waals surface area contributed by atoms with Gasteiger partial charge in [0.05, 0.1) is 30.9 Å². The Labute approximate surface area is 239 Å². The average Bonchev–Trinajstić information content (AvgIpc) is 3.33. The lowest BCUT2D eigenvalue weighted by atomic mass is 10.0. The lowest BCUT2D eigenvalue weighted by molar-refractivity contribution is -0.143. The van der Waals surface area contributed by atoms with E-state index in [0.717, 1.165) is 45.2 Å². The van der Waals surface area contributed by atoms with Crippen LogP contribution in [-0.2, 0) is 20.7 Å². The second-order valence-corrected chi connectivity index (χ2v) is 10.4. The number of nitrogens with zero attached hydrogens (tertiary/aromatic N) is 3. The highest BCUT2D eigenvalue weighted by Gasteiger charge is 2.21. The summed E-state index contributed by atoms with van der Waals surface area (Å²) in [6, 6.07) is 16.4. The van der Waals surface area contributed by atoms with Crippen molar-refractivity contribution in [3.05, 3.63) is 82.1 Å². The predicted octanol–water partition coefficient (Wildman–Crippen LogP) is 6.20. The van der Waals surface area contributed by atoms with Crippen LogP contribution in [0.4, 0.5) is 0 Å². The number of benzene rings is 2. The molecule has 40 heavy (non-hydrogen) atoms. The number of nitrogens with one attached hydrogen (secondary N) is 1. The van der Waals surface area contributed by atoms with Crippen molar-refractivity contribution in [3.8, 4) is 17.0 Å². The quantitative estimate of drug-likeness (QED) is 0.219. The first-order valence-electron chi connectivity index (χ1n) is 13.5. The third kappa shape index (κ3) is 7.18. The zero-order valence-electron chi connectivity index (χ0n) is 23.5. The number of carbonyl (C=O) groups is 2. The van der Waals surface area contributed by atoms with E-state index in [0.29, 0.717) is 11.4 Å². The van der Waals surface area contributed by atoms with Crippen molar-refractivity contribution in [2.24, 2.45) is 0 Å². The van der Waals surface area contributed by atoms with Crippen LogP contribution in [0.3, 0.4) is 0 Å². The molecule has 9 heteroatoms. The summed E-state index contributed by atoms with van der Waals surface area (Å²) < 4.78 is 12.7. The number of hydrogen-bond donors (Lipinski definition) is 1. The molecule has 1 amide bonds. The van der Waals surface area contributed by atoms with Crippen LogP contribution in [0.1, 0.15) is 62.2 Å². The number of aromatic nitrogens is 3. The molecule has 1 atom stereocenters. The van der Waals surface area contributed by atoms with Gasteiger partial charge in [0.25, 0.3) is 0 Å². The Bertz CT molecular complexity index is 1480. The van der Waals surface area contributed by atoms with E-state index in [2.05, 4.69) is 5.32 Å². The Hall–Kier alpha value is -3.91. The van der Waals surface area contributed by atoms with E-state index in [1.54, 1.807) is 6.92 Å². The van der Waals surface area contributed by atoms with Crippen molar-refractivity contribution in [3.63, 3.8) is 0 Å². The second kappa shape index (κ2) is 13.0. The summed E-state index contributed by atoms with van der Waals surface area (Å²) in [6.07, 6.45) is 0.799. The molecule has 0 radical (unpaired) electrons. The number of aryl methyl sites for hydroxylation is 2. The number of carbonyl (C=O) groups excluding carboxylic acids is 2. The van der Waals surface area contributed by atoms with Gasteiger partial charge in [0.2, 0.25) is 5.91 Å². The first-order chi connectivity index (χ1) is 19.1. The molecule has 4 rings (SSSR count). The summed E-state index contributed by atoms with van der Waals surface area (Å²) >= 11 is 6.03. The lowest BCUT2D eigenvalue weighted by Gasteiger charge is -2.20. The summed E-state index contributed by atoms with van der Waals surface area (Å²) in [6.45, 7) is 9.88. The predicted molar refractivity (Wildman–Crippen MR) is 156 cm³/mol. The fraction of sp³-hybridized carbons (Fsp3) is 0.355. The number of esters is 1. The molecule has 2 heterocycles. The normalized spacial score (nSPS) is 12.0. The van der Waals surface area contributed by atoms with E-state index in [1.807, 2.05) is 86.8 Å². The summed E-state index contributed by atoms with van der Waals surface area (Å²) in [5.41, 5.74) is 6.04. The largest absolute Gasteiger partial charge is 0.491 e. The third-order valence-corrected chi connectivity index (χ3v) is 6.82. The molecule has 0 spiro atoms. The molecule has 0 bridgehead atoms. The van der Waals surface area contributed by atoms with Crippen LogP contribution < -0.4 is 10.1 Å². The van der Waals surface area contributed by atoms with E-state index >= 15 is 0 Å². The first-order valence-corrected chi connectivity index (χ1v) is 13.9. The molecule has 0 saturated carbocycles. The summed E-state index contributed by atoms with van der Waals surface area (Å²) in [7, 11) is 0. The average molecular weight is 563 g/mol. The molecule has 210 valence electrons. The molecule has 8 nitrogen and oxygen atoms in total. The van der Waals surface area contributed by atoms with Crippen molar-refractivity contribution in [2.45, 2.75) is 66.0 Å². The van der Waals surface area contributed by atoms with Crippen molar-refractivity contribution < 1.29 is 19.1 Å². The van der Waals surface area contributed by atoms with Crippen LogP contribution >= 0.6 is 11.6 Å². The maximum absolute atomic E-state index is 13.1. The van der Waals surface area contributed by atoms with E-state index in [9.17, 15) is 9.59 Å². The van der Waals surface area contributed by atoms with E-state index in [1.165, 1.54) is 0 Å². The zero-order chi connectivity index (χ0) is 28.8. The van der Waals surface area contributed by atoms with Crippen LogP contribution in [0.2, 0.25) is 5.02 Å². The molecule has 1 N–H and O–H groups in total. The molecular formula is C31H35ClN4O4. The van der Waals surface area contributed by atoms with Crippen LogP contribution in [0, 0.1) is 13.8 Å². The van der Waals surface area contributed by atoms with Crippen molar-refractivity contribution in [1.29, 1.82) is 0 Å². The van der Waals surface area contributed by atoms with E-state index < -0.39 is 6.04 Å². The van der Waals surface area contributed by atoms with Crippen LogP contribution in [0.25, 0.3) is 16.9 Å². The Kier molecular flexibility index (Phi) is 9.42. The van der Waals surface area contributed by atoms with Crippen LogP contribution in [0.5, 0.6) is 5.75 Å². The van der Waals surface area contributed by atoms with Gasteiger partial charge in [-0.1, -0.05) is 35.9 Å². The van der Waals surface area contributed by atoms with Gasteiger partial charge in [-0.2, -0.15) is 5.10 Å². The maximum atomic E-state index is 13.1. The van der Waals surface area contributed by atoms with E-state index in [-0.39, 0.29) is 37.4 Å². The monoisotopic (exact) mass is 562 g/mol. The standard InChI is InChI=1S/C31H35ClN4O4/c1-6-39-31(38)18-27(22-9-13-25(14-10-22)40-19(2)3)34-30(37)16-15-26-20(4)33-29-17-28(35-36(29)21(26)5)23-7-11-24(32)12-8-23/h7-14,17,19,27H,6,15-16,18H2,1-5H3,(H,34,37)/t27-/m0/s1. The molecule has 0 saturated heterocycles. The number of rotatable bonds is 11. The maximum Gasteiger partial charge on any atom is 0.308 e. The van der Waals surface area contributed by atoms with Gasteiger partial charge in [-0.3, -0.25) is 9.59 Å². The SMILES string of the molecule is CCOC(=O)C[C@H](NC(=O)CCc1c(C)nc2cc(-c3ccc(Cl)cc3)nn2c1C)c1ccc(OC(C)C)cc1. The molecule has 0 aliphatic carbocycles. The lowest BCUT2D eigenvalue weighted by Crippen LogP contribution is -2.31. The van der Waals surface area contributed by atoms with Gasteiger partial charge in [0.15, 0.2) is 5.65 Å². The molecule has 2 aromatic heterocycles. The van der Waals surface area contributed by atoms with Crippen molar-refractivity contribution in [1.82, 2.24) is 19.9 Å². The summed E-state index contributed by atoms with van der Waals surface area (Å²) in [5, 5.41) is 8.44. The van der Waals surface area contributed by atoms with Gasteiger partial charge in [-0.05, 0) is 76.4 Å². The second-order valence-electron chi connectivity index (χ2n) is 9.93. The minimum atomic E-state index is -0.518. The fourth-order valence-corrected chi connectivity index (χ4v) is 4.77. The number of halogens is 1. The Morgan fingerprint density at radius 3 is 2.40 bits per heavy atom. The Morgan fingerprint density at radius 2 is 1.75 bits per heavy atom. The highest BCUT2D eigenvalue weighted by Crippen LogP contribution is 2.25. The number of fused-ring (bicyclic) bond motifs is 1. The molecular weight excluding hydrogens is 528 g/mol. The molecule has 4 aromatic rings. The first kappa shape index (κ1) is 29.1. The van der Waals surface area contributed by atoms with Crippen LogP contribution in [-0.4, -0.2) is 39.2 Å². The minimum absolute atomic E-state index is 0.0380. The Balaban J connectivity index is 1.49. The van der Waals surface area contributed by atoms with Gasteiger partial charge in [0, 0.05) is 34.5 Å². The van der Waals surface area contributed by atoms with Gasteiger partial charge >= 0.3 is 5.97 Å². The highest BCUT2D eigenvalue weighted by molar-refractivity contribution is 6.30. The van der Waals surface area contributed by atoms with Crippen molar-refractivity contribution >= 4 is 29.1 Å².